The van der Waals surface area contributed by atoms with Crippen LogP contribution in [0.25, 0.3) is 11.0 Å². The second-order valence-corrected chi connectivity index (χ2v) is 10.3. The number of hydrogen-bond donors (Lipinski definition) is 0. The zero-order valence-electron chi connectivity index (χ0n) is 22.4. The predicted molar refractivity (Wildman–Crippen MR) is 148 cm³/mol. The first-order chi connectivity index (χ1) is 18.8. The Kier molecular flexibility index (Phi) is 7.49. The van der Waals surface area contributed by atoms with Gasteiger partial charge in [0, 0.05) is 25.3 Å². The SMILES string of the molecule is Cc1ccc(CN2C(=O)N(C(C)C)CCC2C(=O)Cc2nc3ncncc3c(=O)n2Cc2ccccc2)cc1. The summed E-state index contributed by atoms with van der Waals surface area (Å²) in [4.78, 5) is 57.2. The van der Waals surface area contributed by atoms with Gasteiger partial charge in [0.25, 0.3) is 5.56 Å². The molecule has 1 aliphatic rings. The zero-order valence-corrected chi connectivity index (χ0v) is 22.4. The standard InChI is InChI=1S/C30H32N6O3/c1-20(2)34-14-13-25(35(30(34)39)17-23-11-9-21(3)10-12-23)26(37)15-27-33-28-24(16-31-19-32-28)29(38)36(27)18-22-7-5-4-6-8-22/h4-12,16,19-20,25H,13-15,17-18H2,1-3H3. The lowest BCUT2D eigenvalue weighted by atomic mass is 9.99. The third kappa shape index (κ3) is 5.57. The highest BCUT2D eigenvalue weighted by atomic mass is 16.2. The van der Waals surface area contributed by atoms with Crippen molar-refractivity contribution in [1.82, 2.24) is 29.3 Å². The number of aryl methyl sites for hydroxylation is 1. The van der Waals surface area contributed by atoms with E-state index in [9.17, 15) is 14.4 Å². The fourth-order valence-electron chi connectivity index (χ4n) is 5.04. The van der Waals surface area contributed by atoms with Crippen LogP contribution in [-0.4, -0.2) is 59.8 Å². The van der Waals surface area contributed by atoms with E-state index in [0.29, 0.717) is 30.7 Å². The minimum Gasteiger partial charge on any atom is -0.322 e. The molecule has 0 N–H and O–H groups in total. The lowest BCUT2D eigenvalue weighted by Crippen LogP contribution is -2.58. The van der Waals surface area contributed by atoms with Crippen LogP contribution in [0.2, 0.25) is 0 Å². The number of amides is 2. The maximum absolute atomic E-state index is 13.9. The minimum atomic E-state index is -0.628. The fourth-order valence-corrected chi connectivity index (χ4v) is 5.04. The van der Waals surface area contributed by atoms with Gasteiger partial charge in [-0.05, 0) is 38.3 Å². The number of urea groups is 1. The highest BCUT2D eigenvalue weighted by molar-refractivity contribution is 5.91. The second-order valence-electron chi connectivity index (χ2n) is 10.3. The predicted octanol–water partition coefficient (Wildman–Crippen LogP) is 3.76. The first kappa shape index (κ1) is 26.2. The van der Waals surface area contributed by atoms with Crippen molar-refractivity contribution in [2.75, 3.05) is 6.54 Å². The van der Waals surface area contributed by atoms with E-state index in [1.54, 1.807) is 9.80 Å². The fraction of sp³-hybridized carbons (Fsp3) is 0.333. The zero-order chi connectivity index (χ0) is 27.5. The van der Waals surface area contributed by atoms with Gasteiger partial charge in [-0.3, -0.25) is 14.2 Å². The molecule has 1 saturated heterocycles. The quantitative estimate of drug-likeness (QED) is 0.348. The number of rotatable bonds is 8. The molecule has 5 rings (SSSR count). The van der Waals surface area contributed by atoms with Crippen molar-refractivity contribution in [2.45, 2.75) is 58.8 Å². The van der Waals surface area contributed by atoms with Gasteiger partial charge < -0.3 is 9.80 Å². The Labute approximate surface area is 227 Å². The number of carbonyl (C=O) groups excluding carboxylic acids is 2. The Morgan fingerprint density at radius 3 is 2.44 bits per heavy atom. The molecule has 4 aromatic rings. The summed E-state index contributed by atoms with van der Waals surface area (Å²) < 4.78 is 1.52. The van der Waals surface area contributed by atoms with Gasteiger partial charge in [-0.1, -0.05) is 60.2 Å². The first-order valence-corrected chi connectivity index (χ1v) is 13.2. The van der Waals surface area contributed by atoms with Crippen LogP contribution in [0.3, 0.4) is 0 Å². The van der Waals surface area contributed by atoms with Crippen molar-refractivity contribution in [3.8, 4) is 0 Å². The monoisotopic (exact) mass is 524 g/mol. The van der Waals surface area contributed by atoms with Crippen molar-refractivity contribution < 1.29 is 9.59 Å². The number of ketones is 1. The molecule has 39 heavy (non-hydrogen) atoms. The number of benzene rings is 2. The van der Waals surface area contributed by atoms with Crippen LogP contribution in [0.1, 0.15) is 42.8 Å². The van der Waals surface area contributed by atoms with Gasteiger partial charge in [0.05, 0.1) is 19.0 Å². The number of Topliss-reactive ketones (excluding diaryl/α,β-unsaturated/α-hetero) is 1. The molecule has 0 saturated carbocycles. The molecule has 200 valence electrons. The summed E-state index contributed by atoms with van der Waals surface area (Å²) in [6, 6.07) is 16.8. The number of aromatic nitrogens is 4. The summed E-state index contributed by atoms with van der Waals surface area (Å²) in [5, 5.41) is 0.297. The summed E-state index contributed by atoms with van der Waals surface area (Å²) in [5.41, 5.74) is 2.95. The normalized spacial score (nSPS) is 15.8. The molecule has 1 fully saturated rings. The number of fused-ring (bicyclic) bond motifs is 1. The van der Waals surface area contributed by atoms with E-state index in [4.69, 9.17) is 0 Å². The summed E-state index contributed by atoms with van der Waals surface area (Å²) in [7, 11) is 0. The van der Waals surface area contributed by atoms with E-state index in [-0.39, 0.29) is 42.0 Å². The van der Waals surface area contributed by atoms with Gasteiger partial charge in [0.1, 0.15) is 17.5 Å². The Hall–Kier alpha value is -4.40. The molecule has 0 aliphatic carbocycles. The Bertz CT molecular complexity index is 1550. The highest BCUT2D eigenvalue weighted by Crippen LogP contribution is 2.23. The van der Waals surface area contributed by atoms with Gasteiger partial charge in [0.15, 0.2) is 11.4 Å². The van der Waals surface area contributed by atoms with Crippen molar-refractivity contribution in [3.05, 3.63) is 100.0 Å². The maximum atomic E-state index is 13.9. The van der Waals surface area contributed by atoms with Crippen LogP contribution in [-0.2, 0) is 24.3 Å². The van der Waals surface area contributed by atoms with Crippen LogP contribution in [0.15, 0.2) is 71.9 Å². The summed E-state index contributed by atoms with van der Waals surface area (Å²) in [5.74, 6) is 0.176. The maximum Gasteiger partial charge on any atom is 0.321 e. The average Bonchev–Trinajstić information content (AvgIpc) is 2.93. The molecule has 1 unspecified atom stereocenters. The molecular formula is C30H32N6O3. The van der Waals surface area contributed by atoms with Crippen molar-refractivity contribution >= 4 is 22.8 Å². The Morgan fingerprint density at radius 2 is 1.72 bits per heavy atom. The van der Waals surface area contributed by atoms with Gasteiger partial charge >= 0.3 is 6.03 Å². The van der Waals surface area contributed by atoms with E-state index >= 15 is 0 Å². The molecule has 9 nitrogen and oxygen atoms in total. The van der Waals surface area contributed by atoms with E-state index in [2.05, 4.69) is 15.0 Å². The smallest absolute Gasteiger partial charge is 0.321 e. The van der Waals surface area contributed by atoms with Gasteiger partial charge in [-0.2, -0.15) is 0 Å². The molecule has 2 amide bonds. The number of nitrogens with zero attached hydrogens (tertiary/aromatic N) is 6. The minimum absolute atomic E-state index is 0.0203. The lowest BCUT2D eigenvalue weighted by molar-refractivity contribution is -0.124. The van der Waals surface area contributed by atoms with Crippen molar-refractivity contribution in [2.24, 2.45) is 0 Å². The lowest BCUT2D eigenvalue weighted by Gasteiger charge is -2.42. The van der Waals surface area contributed by atoms with Crippen molar-refractivity contribution in [1.29, 1.82) is 0 Å². The summed E-state index contributed by atoms with van der Waals surface area (Å²) in [6.45, 7) is 7.05. The van der Waals surface area contributed by atoms with Gasteiger partial charge in [-0.25, -0.2) is 19.7 Å². The molecule has 3 heterocycles. The first-order valence-electron chi connectivity index (χ1n) is 13.2. The highest BCUT2D eigenvalue weighted by Gasteiger charge is 2.38. The van der Waals surface area contributed by atoms with E-state index < -0.39 is 6.04 Å². The molecule has 2 aromatic heterocycles. The topological polar surface area (TPSA) is 101 Å². The van der Waals surface area contributed by atoms with Crippen molar-refractivity contribution in [3.63, 3.8) is 0 Å². The largest absolute Gasteiger partial charge is 0.322 e. The molecule has 1 atom stereocenters. The molecular weight excluding hydrogens is 492 g/mol. The molecule has 9 heteroatoms. The van der Waals surface area contributed by atoms with Crippen LogP contribution in [0, 0.1) is 6.92 Å². The molecule has 1 aliphatic heterocycles. The third-order valence-corrected chi connectivity index (χ3v) is 7.21. The van der Waals surface area contributed by atoms with E-state index in [0.717, 1.165) is 16.7 Å². The van der Waals surface area contributed by atoms with E-state index in [1.807, 2.05) is 75.4 Å². The molecule has 0 spiro atoms. The Morgan fingerprint density at radius 1 is 1.00 bits per heavy atom. The third-order valence-electron chi connectivity index (χ3n) is 7.21. The number of hydrogen-bond acceptors (Lipinski definition) is 6. The van der Waals surface area contributed by atoms with Crippen LogP contribution < -0.4 is 5.56 Å². The van der Waals surface area contributed by atoms with E-state index in [1.165, 1.54) is 17.1 Å². The Balaban J connectivity index is 1.49. The molecule has 0 radical (unpaired) electrons. The number of carbonyl (C=O) groups is 2. The second kappa shape index (κ2) is 11.1. The molecule has 0 bridgehead atoms. The average molecular weight is 525 g/mol. The van der Waals surface area contributed by atoms with Crippen LogP contribution in [0.5, 0.6) is 0 Å². The summed E-state index contributed by atoms with van der Waals surface area (Å²) in [6.07, 6.45) is 3.21. The van der Waals surface area contributed by atoms with Gasteiger partial charge in [-0.15, -0.1) is 0 Å². The van der Waals surface area contributed by atoms with Crippen LogP contribution in [0.4, 0.5) is 4.79 Å². The van der Waals surface area contributed by atoms with Crippen LogP contribution >= 0.6 is 0 Å². The summed E-state index contributed by atoms with van der Waals surface area (Å²) >= 11 is 0. The van der Waals surface area contributed by atoms with Gasteiger partial charge in [0.2, 0.25) is 0 Å². The molecule has 2 aromatic carbocycles.